The van der Waals surface area contributed by atoms with E-state index in [4.69, 9.17) is 5.73 Å². The van der Waals surface area contributed by atoms with Gasteiger partial charge < -0.3 is 11.1 Å². The molecule has 6 rings (SSSR count). The smallest absolute Gasteiger partial charge is 0.189 e. The molecule has 34 heavy (non-hydrogen) atoms. The minimum Gasteiger partial charge on any atom is -0.370 e. The van der Waals surface area contributed by atoms with Gasteiger partial charge in [0.25, 0.3) is 0 Å². The SMILES string of the molecule is CC1CCC2CC3=C4CCCC5(CCN=C(N)N5)C5(CCCCC5)SSCCC2(C)C31CC4=O. The van der Waals surface area contributed by atoms with Crippen molar-refractivity contribution in [1.29, 1.82) is 0 Å². The molecule has 2 aliphatic heterocycles. The van der Waals surface area contributed by atoms with Crippen molar-refractivity contribution in [3.8, 4) is 0 Å². The number of ketones is 1. The molecule has 2 heterocycles. The van der Waals surface area contributed by atoms with Crippen molar-refractivity contribution in [3.05, 3.63) is 11.1 Å². The Bertz CT molecular complexity index is 925. The van der Waals surface area contributed by atoms with Crippen molar-refractivity contribution in [2.24, 2.45) is 33.4 Å². The van der Waals surface area contributed by atoms with E-state index in [9.17, 15) is 4.79 Å². The van der Waals surface area contributed by atoms with Crippen LogP contribution in [0, 0.1) is 22.7 Å². The number of hydrogen-bond acceptors (Lipinski definition) is 6. The monoisotopic (exact) mass is 501 g/mol. The number of allylic oxidation sites excluding steroid dienone is 2. The van der Waals surface area contributed by atoms with Crippen LogP contribution in [0.25, 0.3) is 0 Å². The number of Topliss-reactive ketones (excluding diaryl/α,β-unsaturated/α-hetero) is 1. The Kier molecular flexibility index (Phi) is 5.91. The van der Waals surface area contributed by atoms with E-state index in [0.29, 0.717) is 17.7 Å². The summed E-state index contributed by atoms with van der Waals surface area (Å²) < 4.78 is 0.215. The Labute approximate surface area is 213 Å². The molecule has 6 aliphatic rings. The van der Waals surface area contributed by atoms with Crippen molar-refractivity contribution in [3.63, 3.8) is 0 Å². The van der Waals surface area contributed by atoms with Gasteiger partial charge in [0.1, 0.15) is 0 Å². The molecule has 3 saturated carbocycles. The van der Waals surface area contributed by atoms with Gasteiger partial charge in [0.15, 0.2) is 11.7 Å². The molecule has 3 fully saturated rings. The van der Waals surface area contributed by atoms with Gasteiger partial charge in [0.2, 0.25) is 0 Å². The molecule has 4 nitrogen and oxygen atoms in total. The summed E-state index contributed by atoms with van der Waals surface area (Å²) in [4.78, 5) is 18.1. The molecule has 6 heteroatoms. The number of nitrogens with zero attached hydrogens (tertiary/aromatic N) is 1. The maximum atomic E-state index is 13.6. The quantitative estimate of drug-likeness (QED) is 0.376. The minimum atomic E-state index is 0.00163. The molecular weight excluding hydrogens is 458 g/mol. The number of carbonyl (C=O) groups excluding carboxylic acids is 1. The lowest BCUT2D eigenvalue weighted by molar-refractivity contribution is -0.120. The number of rotatable bonds is 0. The third-order valence-electron chi connectivity index (χ3n) is 11.5. The van der Waals surface area contributed by atoms with Crippen LogP contribution in [0.1, 0.15) is 104 Å². The van der Waals surface area contributed by atoms with Gasteiger partial charge in [-0.25, -0.2) is 0 Å². The van der Waals surface area contributed by atoms with Crippen LogP contribution in [-0.2, 0) is 4.79 Å². The first-order chi connectivity index (χ1) is 16.4. The lowest BCUT2D eigenvalue weighted by Crippen LogP contribution is -2.66. The van der Waals surface area contributed by atoms with E-state index in [1.54, 1.807) is 5.57 Å². The number of nitrogens with one attached hydrogen (secondary N) is 1. The fraction of sp³-hybridized carbons (Fsp3) is 0.857. The molecule has 0 aromatic carbocycles. The Morgan fingerprint density at radius 1 is 1.06 bits per heavy atom. The number of hydrogen-bond donors (Lipinski definition) is 2. The van der Waals surface area contributed by atoms with Gasteiger partial charge in [0, 0.05) is 28.9 Å². The van der Waals surface area contributed by atoms with E-state index in [0.717, 1.165) is 44.6 Å². The fourth-order valence-corrected chi connectivity index (χ4v) is 13.5. The number of nitrogens with two attached hydrogens (primary N) is 1. The van der Waals surface area contributed by atoms with Crippen LogP contribution in [0.4, 0.5) is 0 Å². The van der Waals surface area contributed by atoms with Gasteiger partial charge in [-0.2, -0.15) is 0 Å². The lowest BCUT2D eigenvalue weighted by atomic mass is 9.51. The first-order valence-corrected chi connectivity index (χ1v) is 16.3. The van der Waals surface area contributed by atoms with Crippen LogP contribution in [-0.4, -0.2) is 34.3 Å². The Balaban J connectivity index is 1.39. The van der Waals surface area contributed by atoms with Crippen molar-refractivity contribution in [1.82, 2.24) is 5.32 Å². The van der Waals surface area contributed by atoms with Gasteiger partial charge in [0.05, 0.1) is 5.54 Å². The topological polar surface area (TPSA) is 67.5 Å². The highest BCUT2D eigenvalue weighted by Crippen LogP contribution is 2.74. The third kappa shape index (κ3) is 3.18. The molecular formula is C28H43N3OS2. The van der Waals surface area contributed by atoms with Gasteiger partial charge in [-0.1, -0.05) is 60.3 Å². The predicted molar refractivity (Wildman–Crippen MR) is 145 cm³/mol. The summed E-state index contributed by atoms with van der Waals surface area (Å²) in [7, 11) is 4.35. The summed E-state index contributed by atoms with van der Waals surface area (Å²) >= 11 is 0. The first kappa shape index (κ1) is 23.8. The molecule has 0 aromatic rings. The van der Waals surface area contributed by atoms with E-state index < -0.39 is 0 Å². The van der Waals surface area contributed by atoms with Crippen LogP contribution in [0.5, 0.6) is 0 Å². The van der Waals surface area contributed by atoms with Crippen LogP contribution in [0.2, 0.25) is 0 Å². The normalized spacial score (nSPS) is 44.3. The highest BCUT2D eigenvalue weighted by Gasteiger charge is 2.67. The van der Waals surface area contributed by atoms with E-state index in [1.807, 2.05) is 0 Å². The molecule has 0 radical (unpaired) electrons. The van der Waals surface area contributed by atoms with Crippen LogP contribution in [0.15, 0.2) is 16.1 Å². The van der Waals surface area contributed by atoms with E-state index in [-0.39, 0.29) is 21.1 Å². The van der Waals surface area contributed by atoms with E-state index in [2.05, 4.69) is 45.7 Å². The predicted octanol–water partition coefficient (Wildman–Crippen LogP) is 6.40. The second-order valence-corrected chi connectivity index (χ2v) is 15.4. The van der Waals surface area contributed by atoms with Crippen LogP contribution < -0.4 is 11.1 Å². The Hall–Kier alpha value is -0.620. The maximum absolute atomic E-state index is 13.6. The average molecular weight is 502 g/mol. The summed E-state index contributed by atoms with van der Waals surface area (Å²) in [5, 5.41) is 3.79. The highest BCUT2D eigenvalue weighted by atomic mass is 33.1. The zero-order chi connectivity index (χ0) is 23.6. The zero-order valence-electron chi connectivity index (χ0n) is 21.2. The van der Waals surface area contributed by atoms with E-state index in [1.165, 1.54) is 69.1 Å². The number of guanidine groups is 1. The van der Waals surface area contributed by atoms with Crippen LogP contribution in [0.3, 0.4) is 0 Å². The molecule has 0 aromatic heterocycles. The summed E-state index contributed by atoms with van der Waals surface area (Å²) in [5.74, 6) is 3.75. The first-order valence-electron chi connectivity index (χ1n) is 14.0. The lowest BCUT2D eigenvalue weighted by Gasteiger charge is -2.54. The summed E-state index contributed by atoms with van der Waals surface area (Å²) in [6.45, 7) is 5.88. The van der Waals surface area contributed by atoms with Crippen molar-refractivity contribution >= 4 is 33.3 Å². The summed E-state index contributed by atoms with van der Waals surface area (Å²) in [5.41, 5.74) is 9.67. The fourth-order valence-electron chi connectivity index (χ4n) is 9.67. The zero-order valence-corrected chi connectivity index (χ0v) is 22.9. The van der Waals surface area contributed by atoms with E-state index >= 15 is 0 Å². The summed E-state index contributed by atoms with van der Waals surface area (Å²) in [6.07, 6.45) is 16.7. The van der Waals surface area contributed by atoms with Crippen molar-refractivity contribution in [2.75, 3.05) is 12.3 Å². The minimum absolute atomic E-state index is 0.00163. The molecule has 5 bridgehead atoms. The Morgan fingerprint density at radius 2 is 1.88 bits per heavy atom. The number of aliphatic imine (C=N–C) groups is 1. The molecule has 3 N–H and O–H groups in total. The molecule has 4 aliphatic carbocycles. The average Bonchev–Trinajstić information content (AvgIpc) is 3.17. The Morgan fingerprint density at radius 3 is 2.68 bits per heavy atom. The second kappa shape index (κ2) is 8.46. The number of carbonyl (C=O) groups is 1. The van der Waals surface area contributed by atoms with Gasteiger partial charge >= 0.3 is 0 Å². The molecule has 188 valence electrons. The largest absolute Gasteiger partial charge is 0.370 e. The highest BCUT2D eigenvalue weighted by molar-refractivity contribution is 8.77. The molecule has 3 spiro atoms. The van der Waals surface area contributed by atoms with Crippen molar-refractivity contribution < 1.29 is 4.79 Å². The standard InChI is InChI=1S/C28H43N3OS2/c1-19-8-9-20-17-22-21-7-6-10-26(13-15-30-24(29)31-26)27(11-4-3-5-12-27)34-33-16-14-25(20,2)28(19,22)18-23(21)32/h19-20H,3-18H2,1-2H3,(H3,29,30,31). The van der Waals surface area contributed by atoms with Gasteiger partial charge in [-0.05, 0) is 87.0 Å². The second-order valence-electron chi connectivity index (χ2n) is 12.6. The third-order valence-corrected chi connectivity index (χ3v) is 14.9. The molecule has 5 unspecified atom stereocenters. The van der Waals surface area contributed by atoms with Crippen molar-refractivity contribution in [2.45, 2.75) is 114 Å². The summed E-state index contributed by atoms with van der Waals surface area (Å²) in [6, 6.07) is 0. The maximum Gasteiger partial charge on any atom is 0.189 e. The van der Waals surface area contributed by atoms with Gasteiger partial charge in [-0.3, -0.25) is 9.79 Å². The van der Waals surface area contributed by atoms with Gasteiger partial charge in [-0.15, -0.1) is 0 Å². The van der Waals surface area contributed by atoms with Crippen LogP contribution >= 0.6 is 21.6 Å². The molecule has 0 saturated heterocycles. The molecule has 5 atom stereocenters. The number of fused-ring (bicyclic) bond motifs is 1. The molecule has 0 amide bonds.